The van der Waals surface area contributed by atoms with Gasteiger partial charge in [-0.25, -0.2) is 4.98 Å². The number of imidazole rings is 1. The minimum absolute atomic E-state index is 0.111. The number of benzene rings is 1. The lowest BCUT2D eigenvalue weighted by Gasteiger charge is -2.23. The molecule has 2 unspecified atom stereocenters. The minimum atomic E-state index is 0.111. The fourth-order valence-electron chi connectivity index (χ4n) is 2.84. The summed E-state index contributed by atoms with van der Waals surface area (Å²) in [6.07, 6.45) is 6.08. The van der Waals surface area contributed by atoms with Gasteiger partial charge in [-0.2, -0.15) is 0 Å². The van der Waals surface area contributed by atoms with Crippen LogP contribution in [-0.4, -0.2) is 34.4 Å². The van der Waals surface area contributed by atoms with Crippen molar-refractivity contribution in [1.82, 2.24) is 9.97 Å². The molecule has 0 radical (unpaired) electrons. The van der Waals surface area contributed by atoms with E-state index >= 15 is 0 Å². The number of aromatic hydroxyl groups is 1. The van der Waals surface area contributed by atoms with E-state index in [0.29, 0.717) is 12.4 Å². The van der Waals surface area contributed by atoms with E-state index in [1.165, 1.54) is 0 Å². The molecule has 2 atom stereocenters. The number of rotatable bonds is 11. The van der Waals surface area contributed by atoms with Gasteiger partial charge in [0.15, 0.2) is 11.5 Å². The molecule has 138 valence electrons. The zero-order valence-corrected chi connectivity index (χ0v) is 15.5. The number of nitrogens with zero attached hydrogens (tertiary/aromatic N) is 1. The van der Waals surface area contributed by atoms with E-state index < -0.39 is 0 Å². The number of unbranched alkanes of at least 4 members (excludes halogenated alkanes) is 1. The van der Waals surface area contributed by atoms with Crippen LogP contribution in [0.2, 0.25) is 0 Å². The summed E-state index contributed by atoms with van der Waals surface area (Å²) in [6.45, 7) is 7.59. The van der Waals surface area contributed by atoms with Crippen LogP contribution in [0.5, 0.6) is 11.5 Å². The van der Waals surface area contributed by atoms with Gasteiger partial charge in [0.1, 0.15) is 5.82 Å². The molecule has 2 N–H and O–H groups in total. The number of phenols is 1. The monoisotopic (exact) mass is 346 g/mol. The molecule has 0 aliphatic rings. The van der Waals surface area contributed by atoms with Crippen LogP contribution in [-0.2, 0) is 4.74 Å². The molecule has 5 heteroatoms. The van der Waals surface area contributed by atoms with Gasteiger partial charge in [-0.3, -0.25) is 0 Å². The van der Waals surface area contributed by atoms with Crippen molar-refractivity contribution < 1.29 is 14.6 Å². The third-order valence-corrected chi connectivity index (χ3v) is 4.33. The first-order valence-electron chi connectivity index (χ1n) is 9.16. The van der Waals surface area contributed by atoms with Crippen LogP contribution in [0, 0.1) is 6.92 Å². The van der Waals surface area contributed by atoms with Gasteiger partial charge in [-0.05, 0) is 45.2 Å². The number of aromatic nitrogens is 2. The van der Waals surface area contributed by atoms with Crippen molar-refractivity contribution in [2.24, 2.45) is 0 Å². The minimum Gasteiger partial charge on any atom is -0.504 e. The number of aromatic amines is 1. The van der Waals surface area contributed by atoms with Crippen LogP contribution in [0.4, 0.5) is 0 Å². The predicted molar refractivity (Wildman–Crippen MR) is 99.2 cm³/mol. The van der Waals surface area contributed by atoms with E-state index in [1.807, 2.05) is 19.2 Å². The van der Waals surface area contributed by atoms with Gasteiger partial charge < -0.3 is 19.6 Å². The number of phenolic OH excluding ortho intramolecular Hbond substituents is 1. The summed E-state index contributed by atoms with van der Waals surface area (Å²) < 4.78 is 11.7. The van der Waals surface area contributed by atoms with Gasteiger partial charge in [0.05, 0.1) is 18.4 Å². The van der Waals surface area contributed by atoms with Crippen LogP contribution in [0.15, 0.2) is 30.5 Å². The number of aryl methyl sites for hydroxylation is 1. The Bertz CT molecular complexity index is 627. The van der Waals surface area contributed by atoms with Gasteiger partial charge in [0.25, 0.3) is 0 Å². The molecule has 0 spiro atoms. The Morgan fingerprint density at radius 3 is 2.68 bits per heavy atom. The maximum atomic E-state index is 9.75. The molecular formula is C20H30N2O3. The summed E-state index contributed by atoms with van der Waals surface area (Å²) in [5.41, 5.74) is 1.05. The van der Waals surface area contributed by atoms with Crippen molar-refractivity contribution in [3.05, 3.63) is 42.0 Å². The largest absolute Gasteiger partial charge is 0.504 e. The first kappa shape index (κ1) is 19.3. The zero-order valence-electron chi connectivity index (χ0n) is 15.5. The van der Waals surface area contributed by atoms with E-state index in [9.17, 15) is 5.11 Å². The smallest absolute Gasteiger partial charge is 0.160 e. The number of hydrogen-bond acceptors (Lipinski definition) is 4. The average Bonchev–Trinajstić information content (AvgIpc) is 3.02. The van der Waals surface area contributed by atoms with E-state index in [4.69, 9.17) is 9.47 Å². The predicted octanol–water partition coefficient (Wildman–Crippen LogP) is 4.57. The fraction of sp³-hybridized carbons (Fsp3) is 0.550. The maximum Gasteiger partial charge on any atom is 0.160 e. The normalized spacial score (nSPS) is 13.6. The van der Waals surface area contributed by atoms with Crippen molar-refractivity contribution in [2.45, 2.75) is 58.5 Å². The van der Waals surface area contributed by atoms with Crippen molar-refractivity contribution in [3.63, 3.8) is 0 Å². The molecule has 0 fully saturated rings. The lowest BCUT2D eigenvalue weighted by Crippen LogP contribution is -2.21. The highest BCUT2D eigenvalue weighted by Crippen LogP contribution is 2.28. The molecule has 0 saturated carbocycles. The summed E-state index contributed by atoms with van der Waals surface area (Å²) in [4.78, 5) is 7.76. The Morgan fingerprint density at radius 1 is 1.20 bits per heavy atom. The van der Waals surface area contributed by atoms with Gasteiger partial charge in [0, 0.05) is 18.7 Å². The summed E-state index contributed by atoms with van der Waals surface area (Å²) in [5, 5.41) is 9.75. The Balaban J connectivity index is 1.88. The summed E-state index contributed by atoms with van der Waals surface area (Å²) >= 11 is 0. The average molecular weight is 346 g/mol. The highest BCUT2D eigenvalue weighted by molar-refractivity contribution is 5.37. The second-order valence-electron chi connectivity index (χ2n) is 6.41. The van der Waals surface area contributed by atoms with E-state index in [2.05, 4.69) is 23.8 Å². The standard InChI is InChI=1S/C20H30N2O3/c1-4-5-12-24-15(2)17(18-14-21-16(3)22-18)9-8-13-25-20-11-7-6-10-19(20)23/h6-7,10-11,14-15,17,23H,4-5,8-9,12-13H2,1-3H3,(H,21,22). The van der Waals surface area contributed by atoms with Crippen molar-refractivity contribution in [1.29, 1.82) is 0 Å². The highest BCUT2D eigenvalue weighted by atomic mass is 16.5. The molecule has 0 amide bonds. The number of ether oxygens (including phenoxy) is 2. The lowest BCUT2D eigenvalue weighted by molar-refractivity contribution is 0.0407. The van der Waals surface area contributed by atoms with Crippen LogP contribution in [0.1, 0.15) is 57.0 Å². The first-order chi connectivity index (χ1) is 12.1. The maximum absolute atomic E-state index is 9.75. The van der Waals surface area contributed by atoms with Crippen LogP contribution < -0.4 is 4.74 Å². The number of hydrogen-bond donors (Lipinski definition) is 2. The van der Waals surface area contributed by atoms with E-state index in [0.717, 1.165) is 43.8 Å². The van der Waals surface area contributed by atoms with Crippen LogP contribution in [0.3, 0.4) is 0 Å². The molecule has 0 bridgehead atoms. The van der Waals surface area contributed by atoms with Crippen LogP contribution >= 0.6 is 0 Å². The molecule has 5 nitrogen and oxygen atoms in total. The Morgan fingerprint density at radius 2 is 2.00 bits per heavy atom. The molecule has 1 aromatic carbocycles. The second kappa shape index (κ2) is 10.1. The molecule has 2 rings (SSSR count). The third-order valence-electron chi connectivity index (χ3n) is 4.33. The number of nitrogens with one attached hydrogen (secondary N) is 1. The molecule has 2 aromatic rings. The third kappa shape index (κ3) is 6.09. The van der Waals surface area contributed by atoms with Crippen molar-refractivity contribution in [3.8, 4) is 11.5 Å². The van der Waals surface area contributed by atoms with Crippen LogP contribution in [0.25, 0.3) is 0 Å². The number of para-hydroxylation sites is 2. The SMILES string of the molecule is CCCCOC(C)C(CCCOc1ccccc1O)c1c[nH]c(C)n1. The topological polar surface area (TPSA) is 67.4 Å². The molecule has 0 aliphatic carbocycles. The lowest BCUT2D eigenvalue weighted by atomic mass is 9.94. The molecule has 1 aromatic heterocycles. The van der Waals surface area contributed by atoms with E-state index in [-0.39, 0.29) is 17.8 Å². The highest BCUT2D eigenvalue weighted by Gasteiger charge is 2.22. The van der Waals surface area contributed by atoms with Gasteiger partial charge in [-0.1, -0.05) is 25.5 Å². The first-order valence-corrected chi connectivity index (χ1v) is 9.16. The van der Waals surface area contributed by atoms with Gasteiger partial charge in [0.2, 0.25) is 0 Å². The van der Waals surface area contributed by atoms with Crippen molar-refractivity contribution in [2.75, 3.05) is 13.2 Å². The Kier molecular flexibility index (Phi) is 7.79. The Labute approximate surface area is 150 Å². The molecule has 0 saturated heterocycles. The second-order valence-corrected chi connectivity index (χ2v) is 6.41. The van der Waals surface area contributed by atoms with Gasteiger partial charge in [-0.15, -0.1) is 0 Å². The van der Waals surface area contributed by atoms with Crippen molar-refractivity contribution >= 4 is 0 Å². The van der Waals surface area contributed by atoms with Gasteiger partial charge >= 0.3 is 0 Å². The zero-order chi connectivity index (χ0) is 18.1. The molecule has 1 heterocycles. The molecule has 25 heavy (non-hydrogen) atoms. The summed E-state index contributed by atoms with van der Waals surface area (Å²) in [7, 11) is 0. The summed E-state index contributed by atoms with van der Waals surface area (Å²) in [5.74, 6) is 1.86. The number of H-pyrrole nitrogens is 1. The summed E-state index contributed by atoms with van der Waals surface area (Å²) in [6, 6.07) is 7.05. The Hall–Kier alpha value is -2.01. The fourth-order valence-corrected chi connectivity index (χ4v) is 2.84. The molecule has 0 aliphatic heterocycles. The quantitative estimate of drug-likeness (QED) is 0.585. The molecular weight excluding hydrogens is 316 g/mol. The van der Waals surface area contributed by atoms with E-state index in [1.54, 1.807) is 18.2 Å².